The summed E-state index contributed by atoms with van der Waals surface area (Å²) in [6, 6.07) is 26.0. The Kier molecular flexibility index (Phi) is 10.8. The van der Waals surface area contributed by atoms with Gasteiger partial charge in [-0.05, 0) is 47.1 Å². The number of hydrogen-bond acceptors (Lipinski definition) is 8. The molecule has 2 aliphatic carbocycles. The molecule has 2 aliphatic rings. The monoisotopic (exact) mass is 630 g/mol. The number of nitriles is 1. The lowest BCUT2D eigenvalue weighted by Crippen LogP contribution is -2.38. The van der Waals surface area contributed by atoms with E-state index in [1.807, 2.05) is 72.8 Å². The van der Waals surface area contributed by atoms with E-state index in [4.69, 9.17) is 23.6 Å². The number of rotatable bonds is 14. The summed E-state index contributed by atoms with van der Waals surface area (Å²) in [5.74, 6) is -1.79. The molecule has 10 nitrogen and oxygen atoms in total. The van der Waals surface area contributed by atoms with Crippen molar-refractivity contribution in [3.05, 3.63) is 107 Å². The molecule has 11 heteroatoms. The predicted molar refractivity (Wildman–Crippen MR) is 166 cm³/mol. The second-order valence-corrected chi connectivity index (χ2v) is 12.5. The Bertz CT molecular complexity index is 1570. The minimum absolute atomic E-state index is 0.0339. The minimum Gasteiger partial charge on any atom is -0.481 e. The molecule has 0 aromatic heterocycles. The molecule has 0 spiro atoms. The van der Waals surface area contributed by atoms with Crippen molar-refractivity contribution in [1.82, 2.24) is 5.32 Å². The second-order valence-electron chi connectivity index (χ2n) is 10.8. The van der Waals surface area contributed by atoms with Gasteiger partial charge in [-0.2, -0.15) is 5.26 Å². The molecule has 0 saturated heterocycles. The van der Waals surface area contributed by atoms with Crippen LogP contribution in [0.4, 0.5) is 4.79 Å². The van der Waals surface area contributed by atoms with Gasteiger partial charge in [0.2, 0.25) is 0 Å². The number of carbonyl (C=O) groups is 2. The van der Waals surface area contributed by atoms with Gasteiger partial charge in [0.1, 0.15) is 6.61 Å². The first-order valence-corrected chi connectivity index (χ1v) is 16.3. The molecule has 1 saturated carbocycles. The standard InChI is InChI=1S/C34H35N2O8P/c35-18-9-19-42-45(40,43-21-24-10-2-1-3-11-24)44-22-26(20-25-12-8-17-27(25)33(37)38)36-34(39)41-23-32-30-15-6-4-13-28(30)29-14-5-7-16-31(29)32/h1-7,10-11,13-16,20,26-27,32H,8-9,12,17,19,21-23H2,(H,36,39)(H,37,38)/b25-20+/t26-,27+,45?/m1/s1. The lowest BCUT2D eigenvalue weighted by Gasteiger charge is -2.22. The van der Waals surface area contributed by atoms with Crippen LogP contribution in [0.15, 0.2) is 90.5 Å². The van der Waals surface area contributed by atoms with E-state index in [-0.39, 0.29) is 38.8 Å². The van der Waals surface area contributed by atoms with Crippen molar-refractivity contribution >= 4 is 19.9 Å². The zero-order chi connectivity index (χ0) is 31.6. The highest BCUT2D eigenvalue weighted by molar-refractivity contribution is 7.48. The van der Waals surface area contributed by atoms with Crippen LogP contribution in [-0.4, -0.2) is 43.0 Å². The highest BCUT2D eigenvalue weighted by Crippen LogP contribution is 2.50. The van der Waals surface area contributed by atoms with Gasteiger partial charge in [0.25, 0.3) is 0 Å². The van der Waals surface area contributed by atoms with Crippen LogP contribution in [-0.2, 0) is 34.3 Å². The van der Waals surface area contributed by atoms with E-state index < -0.39 is 31.8 Å². The third-order valence-electron chi connectivity index (χ3n) is 7.87. The van der Waals surface area contributed by atoms with Crippen LogP contribution in [0.25, 0.3) is 11.1 Å². The molecule has 234 valence electrons. The molecular weight excluding hydrogens is 595 g/mol. The number of ether oxygens (including phenoxy) is 1. The van der Waals surface area contributed by atoms with Crippen molar-refractivity contribution in [2.24, 2.45) is 5.92 Å². The van der Waals surface area contributed by atoms with Crippen LogP contribution in [0.3, 0.4) is 0 Å². The summed E-state index contributed by atoms with van der Waals surface area (Å²) in [5.41, 5.74) is 5.70. The number of aliphatic carboxylic acids is 1. The van der Waals surface area contributed by atoms with E-state index in [0.717, 1.165) is 27.8 Å². The van der Waals surface area contributed by atoms with Crippen molar-refractivity contribution < 1.29 is 37.6 Å². The smallest absolute Gasteiger partial charge is 0.475 e. The molecule has 3 atom stereocenters. The lowest BCUT2D eigenvalue weighted by atomic mass is 9.98. The number of fused-ring (bicyclic) bond motifs is 3. The Morgan fingerprint density at radius 2 is 1.64 bits per heavy atom. The SMILES string of the molecule is N#CCCOP(=O)(OCc1ccccc1)OC[C@@H](/C=C1\CCC[C@@H]1C(=O)O)NC(=O)OCC1c2ccccc2-c2ccccc21. The molecule has 3 aromatic rings. The normalized spacial score (nSPS) is 18.4. The topological polar surface area (TPSA) is 144 Å². The van der Waals surface area contributed by atoms with E-state index in [9.17, 15) is 19.3 Å². The van der Waals surface area contributed by atoms with Gasteiger partial charge in [-0.1, -0.05) is 90.5 Å². The molecule has 1 amide bonds. The van der Waals surface area contributed by atoms with E-state index in [0.29, 0.717) is 24.8 Å². The van der Waals surface area contributed by atoms with Gasteiger partial charge < -0.3 is 15.2 Å². The zero-order valence-corrected chi connectivity index (χ0v) is 25.6. The van der Waals surface area contributed by atoms with E-state index in [1.165, 1.54) is 0 Å². The quantitative estimate of drug-likeness (QED) is 0.110. The van der Waals surface area contributed by atoms with Crippen LogP contribution in [0, 0.1) is 17.2 Å². The van der Waals surface area contributed by atoms with Crippen molar-refractivity contribution in [3.8, 4) is 17.2 Å². The second kappa shape index (κ2) is 15.2. The Morgan fingerprint density at radius 3 is 2.31 bits per heavy atom. The fourth-order valence-corrected chi connectivity index (χ4v) is 6.94. The largest absolute Gasteiger partial charge is 0.481 e. The zero-order valence-electron chi connectivity index (χ0n) is 24.7. The molecule has 0 heterocycles. The van der Waals surface area contributed by atoms with Crippen molar-refractivity contribution in [2.45, 2.75) is 44.2 Å². The molecule has 2 N–H and O–H groups in total. The average Bonchev–Trinajstić information content (AvgIpc) is 3.65. The first kappa shape index (κ1) is 32.1. The van der Waals surface area contributed by atoms with Gasteiger partial charge in [0.15, 0.2) is 0 Å². The first-order valence-electron chi connectivity index (χ1n) is 14.9. The number of benzene rings is 3. The van der Waals surface area contributed by atoms with Crippen LogP contribution in [0.2, 0.25) is 0 Å². The number of alkyl carbamates (subject to hydrolysis) is 1. The third-order valence-corrected chi connectivity index (χ3v) is 9.28. The highest BCUT2D eigenvalue weighted by Gasteiger charge is 2.33. The summed E-state index contributed by atoms with van der Waals surface area (Å²) in [6.07, 6.45) is 2.57. The number of phosphoric acid groups is 1. The number of carboxylic acid groups (broad SMARTS) is 1. The number of phosphoric ester groups is 1. The maximum absolute atomic E-state index is 13.6. The molecule has 1 fully saturated rings. The third kappa shape index (κ3) is 8.27. The molecule has 0 radical (unpaired) electrons. The Morgan fingerprint density at radius 1 is 0.978 bits per heavy atom. The molecule has 3 aromatic carbocycles. The number of amides is 1. The van der Waals surface area contributed by atoms with Gasteiger partial charge in [0.05, 0.1) is 44.3 Å². The van der Waals surface area contributed by atoms with Crippen molar-refractivity contribution in [1.29, 1.82) is 5.26 Å². The summed E-state index contributed by atoms with van der Waals surface area (Å²) >= 11 is 0. The van der Waals surface area contributed by atoms with Gasteiger partial charge in [0, 0.05) is 5.92 Å². The summed E-state index contributed by atoms with van der Waals surface area (Å²) < 4.78 is 35.9. The molecule has 5 rings (SSSR count). The van der Waals surface area contributed by atoms with E-state index in [2.05, 4.69) is 5.32 Å². The number of nitrogens with one attached hydrogen (secondary N) is 1. The number of carbonyl (C=O) groups excluding carboxylic acids is 1. The van der Waals surface area contributed by atoms with E-state index in [1.54, 1.807) is 18.2 Å². The number of hydrogen-bond donors (Lipinski definition) is 2. The molecule has 0 bridgehead atoms. The highest BCUT2D eigenvalue weighted by atomic mass is 31.2. The number of nitrogens with zero attached hydrogens (tertiary/aromatic N) is 1. The molecular formula is C34H35N2O8P. The molecule has 45 heavy (non-hydrogen) atoms. The summed E-state index contributed by atoms with van der Waals surface area (Å²) in [6.45, 7) is -0.525. The van der Waals surface area contributed by atoms with E-state index >= 15 is 0 Å². The Balaban J connectivity index is 1.29. The van der Waals surface area contributed by atoms with Crippen LogP contribution < -0.4 is 5.32 Å². The van der Waals surface area contributed by atoms with Gasteiger partial charge in [-0.3, -0.25) is 18.4 Å². The first-order chi connectivity index (χ1) is 21.9. The van der Waals surface area contributed by atoms with Gasteiger partial charge in [-0.25, -0.2) is 9.36 Å². The maximum Gasteiger partial charge on any atom is 0.475 e. The summed E-state index contributed by atoms with van der Waals surface area (Å²) in [5, 5.41) is 21.4. The Hall–Kier alpha value is -4.26. The predicted octanol–water partition coefficient (Wildman–Crippen LogP) is 6.98. The molecule has 1 unspecified atom stereocenters. The van der Waals surface area contributed by atoms with Gasteiger partial charge >= 0.3 is 19.9 Å². The molecule has 0 aliphatic heterocycles. The van der Waals surface area contributed by atoms with Crippen LogP contribution >= 0.6 is 7.82 Å². The summed E-state index contributed by atoms with van der Waals surface area (Å²) in [7, 11) is -4.19. The summed E-state index contributed by atoms with van der Waals surface area (Å²) in [4.78, 5) is 25.0. The van der Waals surface area contributed by atoms with Gasteiger partial charge in [-0.15, -0.1) is 0 Å². The van der Waals surface area contributed by atoms with Crippen molar-refractivity contribution in [3.63, 3.8) is 0 Å². The fraction of sp³-hybridized carbons (Fsp3) is 0.324. The van der Waals surface area contributed by atoms with Crippen molar-refractivity contribution in [2.75, 3.05) is 19.8 Å². The Labute approximate surface area is 262 Å². The minimum atomic E-state index is -4.19. The van der Waals surface area contributed by atoms with Crippen LogP contribution in [0.1, 0.15) is 48.3 Å². The average molecular weight is 631 g/mol. The number of carboxylic acids is 1. The van der Waals surface area contributed by atoms with Crippen LogP contribution in [0.5, 0.6) is 0 Å². The fourth-order valence-electron chi connectivity index (χ4n) is 5.75. The maximum atomic E-state index is 13.6. The lowest BCUT2D eigenvalue weighted by molar-refractivity contribution is -0.140.